The van der Waals surface area contributed by atoms with Crippen molar-refractivity contribution in [2.24, 2.45) is 11.5 Å². The van der Waals surface area contributed by atoms with Gasteiger partial charge in [-0.05, 0) is 13.8 Å². The Hall–Kier alpha value is 1.18. The largest absolute Gasteiger partial charge is 0.393 e. The van der Waals surface area contributed by atoms with Crippen molar-refractivity contribution in [1.29, 1.82) is 0 Å². The van der Waals surface area contributed by atoms with Crippen LogP contribution in [0.2, 0.25) is 0 Å². The Bertz CT molecular complexity index is 296. The number of nitrogens with two attached hydrogens (primary N) is 2. The van der Waals surface area contributed by atoms with Crippen molar-refractivity contribution in [1.82, 2.24) is 0 Å². The van der Waals surface area contributed by atoms with Crippen molar-refractivity contribution in [3.8, 4) is 0 Å². The molecule has 0 aliphatic heterocycles. The molecule has 4 N–H and O–H groups in total. The van der Waals surface area contributed by atoms with Gasteiger partial charge in [-0.3, -0.25) is 0 Å². The highest BCUT2D eigenvalue weighted by Gasteiger charge is 2.09. The molecular formula is C10H24N2O4P2S4. The van der Waals surface area contributed by atoms with Crippen molar-refractivity contribution in [2.75, 3.05) is 38.9 Å². The lowest BCUT2D eigenvalue weighted by molar-refractivity contribution is 0.283. The predicted molar refractivity (Wildman–Crippen MR) is 110 cm³/mol. The van der Waals surface area contributed by atoms with Gasteiger partial charge in [-0.25, -0.2) is 0 Å². The molecule has 0 rings (SSSR count). The van der Waals surface area contributed by atoms with Gasteiger partial charge in [0.1, 0.15) is 0 Å². The standard InChI is InChI=1S/C6H14NO2PS2.C4H10NO2PS2/c1-3-8-10(9-4-2)12-5-6(7)11;1-6-8(7-2)10-3-4(5)9/h3-5H2,1-2H3,(H2,7,11);3H2,1-2H3,(H2,5,9). The third kappa shape index (κ3) is 19.2. The van der Waals surface area contributed by atoms with Crippen LogP contribution in [-0.4, -0.2) is 48.9 Å². The van der Waals surface area contributed by atoms with E-state index >= 15 is 0 Å². The van der Waals surface area contributed by atoms with Gasteiger partial charge in [-0.1, -0.05) is 47.2 Å². The molecule has 22 heavy (non-hydrogen) atoms. The van der Waals surface area contributed by atoms with Crippen LogP contribution >= 0.6 is 62.4 Å². The molecule has 12 heteroatoms. The highest BCUT2D eigenvalue weighted by Crippen LogP contribution is 2.51. The highest BCUT2D eigenvalue weighted by atomic mass is 32.7. The van der Waals surface area contributed by atoms with Crippen molar-refractivity contribution < 1.29 is 18.1 Å². The summed E-state index contributed by atoms with van der Waals surface area (Å²) in [5.41, 5.74) is 10.6. The summed E-state index contributed by atoms with van der Waals surface area (Å²) in [6, 6.07) is 0. The van der Waals surface area contributed by atoms with Crippen LogP contribution in [-0.2, 0) is 18.1 Å². The fraction of sp³-hybridized carbons (Fsp3) is 0.800. The van der Waals surface area contributed by atoms with Gasteiger partial charge in [0.15, 0.2) is 0 Å². The Morgan fingerprint density at radius 2 is 1.23 bits per heavy atom. The van der Waals surface area contributed by atoms with Crippen molar-refractivity contribution >= 4 is 72.3 Å². The highest BCUT2D eigenvalue weighted by molar-refractivity contribution is 8.53. The molecule has 0 aromatic carbocycles. The minimum Gasteiger partial charge on any atom is -0.393 e. The summed E-state index contributed by atoms with van der Waals surface area (Å²) in [6.45, 7) is 5.21. The van der Waals surface area contributed by atoms with E-state index in [1.54, 1.807) is 14.2 Å². The maximum absolute atomic E-state index is 5.34. The Kier molecular flexibility index (Phi) is 21.4. The quantitative estimate of drug-likeness (QED) is 0.354. The lowest BCUT2D eigenvalue weighted by Gasteiger charge is -2.13. The molecule has 0 atom stereocenters. The average molecular weight is 427 g/mol. The van der Waals surface area contributed by atoms with E-state index in [-0.39, 0.29) is 0 Å². The van der Waals surface area contributed by atoms with E-state index in [2.05, 4.69) is 12.2 Å². The summed E-state index contributed by atoms with van der Waals surface area (Å²) >= 11 is 12.4. The third-order valence-electron chi connectivity index (χ3n) is 1.39. The first kappa shape index (κ1) is 25.4. The van der Waals surface area contributed by atoms with Crippen LogP contribution in [0.25, 0.3) is 0 Å². The van der Waals surface area contributed by atoms with Crippen molar-refractivity contribution in [2.45, 2.75) is 13.8 Å². The number of hydrogen-bond donors (Lipinski definition) is 2. The molecule has 0 amide bonds. The summed E-state index contributed by atoms with van der Waals surface area (Å²) in [4.78, 5) is 0.971. The fourth-order valence-electron chi connectivity index (χ4n) is 0.735. The van der Waals surface area contributed by atoms with Gasteiger partial charge in [0.05, 0.1) is 34.7 Å². The Balaban J connectivity index is 0. The Morgan fingerprint density at radius 3 is 1.50 bits per heavy atom. The zero-order valence-electron chi connectivity index (χ0n) is 13.1. The zero-order valence-corrected chi connectivity index (χ0v) is 18.2. The smallest absolute Gasteiger partial charge is 0.238 e. The first-order chi connectivity index (χ1) is 10.4. The molecule has 0 unspecified atom stereocenters. The van der Waals surface area contributed by atoms with E-state index < -0.39 is 15.2 Å². The normalized spacial score (nSPS) is 10.5. The van der Waals surface area contributed by atoms with E-state index in [0.717, 1.165) is 0 Å². The molecule has 0 aromatic heterocycles. The molecule has 0 heterocycles. The second-order valence-corrected chi connectivity index (χ2v) is 10.7. The second kappa shape index (κ2) is 18.5. The summed E-state index contributed by atoms with van der Waals surface area (Å²) < 4.78 is 20.5. The third-order valence-corrected chi connectivity index (χ3v) is 8.45. The molecule has 0 aromatic rings. The molecule has 6 nitrogen and oxygen atoms in total. The molecule has 132 valence electrons. The summed E-state index contributed by atoms with van der Waals surface area (Å²) in [5.74, 6) is 1.24. The van der Waals surface area contributed by atoms with Crippen LogP contribution in [0.4, 0.5) is 0 Å². The number of hydrogen-bond acceptors (Lipinski definition) is 8. The van der Waals surface area contributed by atoms with Crippen LogP contribution in [0.5, 0.6) is 0 Å². The molecule has 0 aliphatic carbocycles. The first-order valence-electron chi connectivity index (χ1n) is 6.17. The molecule has 0 saturated carbocycles. The van der Waals surface area contributed by atoms with E-state index in [1.807, 2.05) is 13.8 Å². The van der Waals surface area contributed by atoms with Gasteiger partial charge in [0.25, 0.3) is 0 Å². The molecular weight excluding hydrogens is 402 g/mol. The van der Waals surface area contributed by atoms with E-state index in [4.69, 9.17) is 41.8 Å². The lowest BCUT2D eigenvalue weighted by atomic mass is 10.8. The van der Waals surface area contributed by atoms with Gasteiger partial charge >= 0.3 is 0 Å². The molecule has 0 bridgehead atoms. The maximum Gasteiger partial charge on any atom is 0.238 e. The van der Waals surface area contributed by atoms with Gasteiger partial charge in [0, 0.05) is 14.2 Å². The van der Waals surface area contributed by atoms with Gasteiger partial charge < -0.3 is 29.6 Å². The van der Waals surface area contributed by atoms with E-state index in [0.29, 0.717) is 34.7 Å². The van der Waals surface area contributed by atoms with Gasteiger partial charge in [-0.15, -0.1) is 0 Å². The zero-order chi connectivity index (χ0) is 17.4. The average Bonchev–Trinajstić information content (AvgIpc) is 2.46. The lowest BCUT2D eigenvalue weighted by Crippen LogP contribution is -2.10. The molecule has 0 saturated heterocycles. The van der Waals surface area contributed by atoms with Crippen molar-refractivity contribution in [3.63, 3.8) is 0 Å². The Labute approximate surface area is 154 Å². The second-order valence-electron chi connectivity index (χ2n) is 3.13. The van der Waals surface area contributed by atoms with Crippen molar-refractivity contribution in [3.05, 3.63) is 0 Å². The van der Waals surface area contributed by atoms with Crippen LogP contribution < -0.4 is 11.5 Å². The summed E-state index contributed by atoms with van der Waals surface area (Å²) in [7, 11) is 1.51. The molecule has 0 spiro atoms. The first-order valence-corrected chi connectivity index (χ1v) is 12.5. The molecule has 0 aliphatic rings. The van der Waals surface area contributed by atoms with Crippen LogP contribution in [0.15, 0.2) is 0 Å². The van der Waals surface area contributed by atoms with Gasteiger partial charge in [0.2, 0.25) is 15.2 Å². The molecule has 0 fully saturated rings. The predicted octanol–water partition coefficient (Wildman–Crippen LogP) is 3.83. The van der Waals surface area contributed by atoms with E-state index in [9.17, 15) is 0 Å². The fourth-order valence-corrected chi connectivity index (χ4v) is 6.26. The minimum absolute atomic E-state index is 0.478. The Morgan fingerprint density at radius 1 is 0.864 bits per heavy atom. The summed E-state index contributed by atoms with van der Waals surface area (Å²) in [5, 5.41) is 0. The number of rotatable bonds is 12. The SMILES string of the molecule is CCOP(OCC)SCC(N)=S.COP(OC)SCC(N)=S. The topological polar surface area (TPSA) is 89.0 Å². The van der Waals surface area contributed by atoms with Crippen LogP contribution in [0.1, 0.15) is 13.8 Å². The monoisotopic (exact) mass is 426 g/mol. The van der Waals surface area contributed by atoms with E-state index in [1.165, 1.54) is 22.8 Å². The molecule has 0 radical (unpaired) electrons. The summed E-state index contributed by atoms with van der Waals surface area (Å²) in [6.07, 6.45) is 0. The minimum atomic E-state index is -0.844. The van der Waals surface area contributed by atoms with Crippen LogP contribution in [0, 0.1) is 0 Å². The van der Waals surface area contributed by atoms with Crippen LogP contribution in [0.3, 0.4) is 0 Å². The number of thiocarbonyl (C=S) groups is 2. The maximum atomic E-state index is 5.34. The van der Waals surface area contributed by atoms with Gasteiger partial charge in [-0.2, -0.15) is 0 Å².